The van der Waals surface area contributed by atoms with E-state index in [1.165, 1.54) is 5.56 Å². The molecule has 3 aromatic carbocycles. The van der Waals surface area contributed by atoms with Gasteiger partial charge in [-0.1, -0.05) is 78.9 Å². The zero-order valence-corrected chi connectivity index (χ0v) is 23.3. The van der Waals surface area contributed by atoms with Gasteiger partial charge in [-0.2, -0.15) is 0 Å². The summed E-state index contributed by atoms with van der Waals surface area (Å²) in [7, 11) is 0. The van der Waals surface area contributed by atoms with Gasteiger partial charge < -0.3 is 10.4 Å². The van der Waals surface area contributed by atoms with E-state index in [1.807, 2.05) is 72.8 Å². The molecule has 0 bridgehead atoms. The lowest BCUT2D eigenvalue weighted by Gasteiger charge is -2.25. The van der Waals surface area contributed by atoms with Crippen molar-refractivity contribution in [3.63, 3.8) is 0 Å². The highest BCUT2D eigenvalue weighted by Gasteiger charge is 2.34. The molecule has 0 aliphatic carbocycles. The summed E-state index contributed by atoms with van der Waals surface area (Å²) in [5.74, 6) is 4.82. The summed E-state index contributed by atoms with van der Waals surface area (Å²) in [4.78, 5) is 33.2. The number of carbonyl (C=O) groups is 2. The van der Waals surface area contributed by atoms with Crippen LogP contribution in [0.2, 0.25) is 0 Å². The number of carboxylic acid groups (broad SMARTS) is 1. The number of carboxylic acids is 1. The molecule has 2 atom stereocenters. The molecule has 0 spiro atoms. The van der Waals surface area contributed by atoms with Gasteiger partial charge in [-0.15, -0.1) is 11.8 Å². The number of aliphatic imine (C=N–C) groups is 1. The predicted molar refractivity (Wildman–Crippen MR) is 160 cm³/mol. The minimum absolute atomic E-state index is 0.0626. The maximum atomic E-state index is 13.6. The molecule has 206 valence electrons. The number of hydrogen-bond acceptors (Lipinski definition) is 4. The number of anilines is 1. The maximum Gasteiger partial charge on any atom is 0.331 e. The maximum absolute atomic E-state index is 13.6. The van der Waals surface area contributed by atoms with Gasteiger partial charge in [0, 0.05) is 24.1 Å². The number of rotatable bonds is 11. The molecule has 1 unspecified atom stereocenters. The first-order chi connectivity index (χ1) is 19.4. The second kappa shape index (κ2) is 13.7. The van der Waals surface area contributed by atoms with E-state index < -0.39 is 11.5 Å². The Balaban J connectivity index is 1.66. The number of amides is 1. The zero-order chi connectivity index (χ0) is 28.4. The van der Waals surface area contributed by atoms with Crippen LogP contribution in [0.1, 0.15) is 62.6 Å². The van der Waals surface area contributed by atoms with Crippen molar-refractivity contribution in [2.75, 3.05) is 11.9 Å². The summed E-state index contributed by atoms with van der Waals surface area (Å²) in [6.07, 6.45) is 3.33. The van der Waals surface area contributed by atoms with Crippen LogP contribution in [0.5, 0.6) is 0 Å². The van der Waals surface area contributed by atoms with Crippen LogP contribution < -0.4 is 5.32 Å². The average molecular weight is 536 g/mol. The van der Waals surface area contributed by atoms with Crippen molar-refractivity contribution in [2.45, 2.75) is 64.1 Å². The van der Waals surface area contributed by atoms with Crippen LogP contribution >= 0.6 is 0 Å². The van der Waals surface area contributed by atoms with Crippen molar-refractivity contribution >= 4 is 23.3 Å². The third-order valence-electron chi connectivity index (χ3n) is 7.34. The van der Waals surface area contributed by atoms with Crippen molar-refractivity contribution in [3.05, 3.63) is 102 Å². The fraction of sp³-hybridized carbons (Fsp3) is 0.324. The van der Waals surface area contributed by atoms with Gasteiger partial charge in [-0.05, 0) is 57.7 Å². The molecular formula is C34H37N3O3. The summed E-state index contributed by atoms with van der Waals surface area (Å²) >= 11 is 0. The van der Waals surface area contributed by atoms with Crippen LogP contribution in [0.25, 0.3) is 0 Å². The summed E-state index contributed by atoms with van der Waals surface area (Å²) < 4.78 is 0. The Kier molecular flexibility index (Phi) is 9.88. The molecule has 0 saturated carbocycles. The Hall–Kier alpha value is -4.21. The Morgan fingerprint density at radius 2 is 1.70 bits per heavy atom. The molecule has 0 radical (unpaired) electrons. The van der Waals surface area contributed by atoms with Gasteiger partial charge in [0.05, 0.1) is 17.4 Å². The van der Waals surface area contributed by atoms with Crippen LogP contribution in [0, 0.1) is 11.8 Å². The van der Waals surface area contributed by atoms with Gasteiger partial charge in [0.15, 0.2) is 5.54 Å². The summed E-state index contributed by atoms with van der Waals surface area (Å²) in [6.45, 7) is 5.01. The monoisotopic (exact) mass is 535 g/mol. The molecule has 1 aliphatic heterocycles. The van der Waals surface area contributed by atoms with E-state index >= 15 is 0 Å². The van der Waals surface area contributed by atoms with Gasteiger partial charge in [0.2, 0.25) is 5.91 Å². The topological polar surface area (TPSA) is 82.0 Å². The molecule has 3 aromatic rings. The van der Waals surface area contributed by atoms with Crippen LogP contribution in [0.15, 0.2) is 89.9 Å². The molecule has 6 heteroatoms. The van der Waals surface area contributed by atoms with Gasteiger partial charge in [0.1, 0.15) is 0 Å². The molecular weight excluding hydrogens is 498 g/mol. The molecule has 1 heterocycles. The van der Waals surface area contributed by atoms with E-state index in [2.05, 4.69) is 34.2 Å². The van der Waals surface area contributed by atoms with Gasteiger partial charge in [0.25, 0.3) is 0 Å². The number of aliphatic carboxylic acids is 1. The van der Waals surface area contributed by atoms with Crippen molar-refractivity contribution in [2.24, 2.45) is 4.99 Å². The number of hydrogen-bond donors (Lipinski definition) is 2. The van der Waals surface area contributed by atoms with Crippen LogP contribution in [0.3, 0.4) is 0 Å². The normalized spacial score (nSPS) is 16.9. The lowest BCUT2D eigenvalue weighted by Crippen LogP contribution is -2.39. The summed E-state index contributed by atoms with van der Waals surface area (Å²) in [5, 5.41) is 13.4. The molecule has 1 aliphatic rings. The smallest absolute Gasteiger partial charge is 0.331 e. The minimum atomic E-state index is -1.35. The molecule has 1 fully saturated rings. The van der Waals surface area contributed by atoms with Gasteiger partial charge in [-0.25, -0.2) is 4.79 Å². The molecule has 6 nitrogen and oxygen atoms in total. The molecule has 2 N–H and O–H groups in total. The average Bonchev–Trinajstić information content (AvgIpc) is 3.44. The Morgan fingerprint density at radius 1 is 1.02 bits per heavy atom. The summed E-state index contributed by atoms with van der Waals surface area (Å²) in [6, 6.07) is 27.0. The first kappa shape index (κ1) is 28.8. The highest BCUT2D eigenvalue weighted by Crippen LogP contribution is 2.28. The largest absolute Gasteiger partial charge is 0.479 e. The number of unbranched alkanes of at least 4 members (excludes halogenated alkanes) is 1. The quantitative estimate of drug-likeness (QED) is 0.175. The van der Waals surface area contributed by atoms with E-state index in [9.17, 15) is 14.7 Å². The number of para-hydroxylation sites is 1. The highest BCUT2D eigenvalue weighted by atomic mass is 16.4. The summed E-state index contributed by atoms with van der Waals surface area (Å²) in [5.41, 5.74) is 2.46. The second-order valence-corrected chi connectivity index (χ2v) is 10.3. The number of benzene rings is 3. The van der Waals surface area contributed by atoms with Gasteiger partial charge >= 0.3 is 5.97 Å². The lowest BCUT2D eigenvalue weighted by molar-refractivity contribution is -0.142. The first-order valence-corrected chi connectivity index (χ1v) is 13.9. The van der Waals surface area contributed by atoms with E-state index in [-0.39, 0.29) is 11.9 Å². The lowest BCUT2D eigenvalue weighted by atomic mass is 9.93. The zero-order valence-electron chi connectivity index (χ0n) is 23.3. The number of nitrogens with one attached hydrogen (secondary N) is 1. The van der Waals surface area contributed by atoms with Crippen molar-refractivity contribution in [3.8, 4) is 11.8 Å². The molecule has 0 aromatic heterocycles. The van der Waals surface area contributed by atoms with E-state index in [0.29, 0.717) is 36.2 Å². The van der Waals surface area contributed by atoms with Gasteiger partial charge in [-0.3, -0.25) is 14.7 Å². The van der Waals surface area contributed by atoms with Crippen LogP contribution in [0.4, 0.5) is 5.69 Å². The SMILES string of the molecule is CC#CCCC[C@@](C)(N=C(c1ccccc1)c1ccccc1NC(=O)C1CCCN1Cc1ccccc1)C(=O)O. The molecule has 40 heavy (non-hydrogen) atoms. The van der Waals surface area contributed by atoms with Crippen molar-refractivity contribution in [1.82, 2.24) is 4.90 Å². The molecule has 4 rings (SSSR count). The Morgan fingerprint density at radius 3 is 2.40 bits per heavy atom. The van der Waals surface area contributed by atoms with E-state index in [0.717, 1.165) is 31.5 Å². The fourth-order valence-corrected chi connectivity index (χ4v) is 5.12. The van der Waals surface area contributed by atoms with Crippen molar-refractivity contribution < 1.29 is 14.7 Å². The number of nitrogens with zero attached hydrogens (tertiary/aromatic N) is 2. The first-order valence-electron chi connectivity index (χ1n) is 13.9. The standard InChI is InChI=1S/C34H37N3O3/c1-3-4-5-14-23-34(2,33(39)40)36-31(27-18-10-7-11-19-27)28-20-12-13-21-29(28)35-32(38)30-22-15-24-37(30)25-26-16-8-6-9-17-26/h6-13,16-21,30H,5,14-15,22-25H2,1-2H3,(H,35,38)(H,39,40)/t30?,34-/m1/s1. The number of likely N-dealkylation sites (tertiary alicyclic amines) is 1. The number of carbonyl (C=O) groups excluding carboxylic acids is 1. The Bertz CT molecular complexity index is 1390. The second-order valence-electron chi connectivity index (χ2n) is 10.3. The minimum Gasteiger partial charge on any atom is -0.479 e. The van der Waals surface area contributed by atoms with Crippen LogP contribution in [-0.4, -0.2) is 45.7 Å². The molecule has 1 saturated heterocycles. The highest BCUT2D eigenvalue weighted by molar-refractivity contribution is 6.18. The van der Waals surface area contributed by atoms with E-state index in [4.69, 9.17) is 4.99 Å². The Labute approximate surface area is 237 Å². The fourth-order valence-electron chi connectivity index (χ4n) is 5.12. The van der Waals surface area contributed by atoms with Crippen molar-refractivity contribution in [1.29, 1.82) is 0 Å². The third-order valence-corrected chi connectivity index (χ3v) is 7.34. The predicted octanol–water partition coefficient (Wildman–Crippen LogP) is 6.16. The molecule has 1 amide bonds. The van der Waals surface area contributed by atoms with Crippen LogP contribution in [-0.2, 0) is 16.1 Å². The third kappa shape index (κ3) is 7.25. The van der Waals surface area contributed by atoms with E-state index in [1.54, 1.807) is 13.8 Å².